The van der Waals surface area contributed by atoms with Crippen LogP contribution in [-0.2, 0) is 9.59 Å². The number of aryl methyl sites for hydroxylation is 1. The fourth-order valence-corrected chi connectivity index (χ4v) is 4.00. The Labute approximate surface area is 190 Å². The van der Waals surface area contributed by atoms with Gasteiger partial charge >= 0.3 is 0 Å². The minimum atomic E-state index is -0.479. The second-order valence-corrected chi connectivity index (χ2v) is 7.77. The molecule has 32 heavy (non-hydrogen) atoms. The molecule has 5 rings (SSSR count). The van der Waals surface area contributed by atoms with Gasteiger partial charge < -0.3 is 9.47 Å². The molecule has 0 N–H and O–H groups in total. The van der Waals surface area contributed by atoms with Crippen molar-refractivity contribution in [1.82, 2.24) is 0 Å². The summed E-state index contributed by atoms with van der Waals surface area (Å²) >= 11 is 5.63. The van der Waals surface area contributed by atoms with Gasteiger partial charge in [-0.3, -0.25) is 19.4 Å². The third-order valence-corrected chi connectivity index (χ3v) is 5.63. The molecule has 158 valence electrons. The summed E-state index contributed by atoms with van der Waals surface area (Å²) in [7, 11) is 0. The first-order chi connectivity index (χ1) is 15.5. The lowest BCUT2D eigenvalue weighted by Crippen LogP contribution is -2.56. The highest BCUT2D eigenvalue weighted by molar-refractivity contribution is 7.81. The predicted molar refractivity (Wildman–Crippen MR) is 126 cm³/mol. The van der Waals surface area contributed by atoms with Crippen LogP contribution in [0, 0.1) is 6.92 Å². The van der Waals surface area contributed by atoms with Gasteiger partial charge in [-0.25, -0.2) is 0 Å². The van der Waals surface area contributed by atoms with Crippen LogP contribution in [0.5, 0.6) is 11.5 Å². The Morgan fingerprint density at radius 1 is 0.812 bits per heavy atom. The van der Waals surface area contributed by atoms with Crippen molar-refractivity contribution >= 4 is 46.6 Å². The monoisotopic (exact) mass is 442 g/mol. The van der Waals surface area contributed by atoms with E-state index in [0.29, 0.717) is 28.4 Å². The van der Waals surface area contributed by atoms with Crippen LogP contribution in [0.25, 0.3) is 6.08 Å². The normalized spacial score (nSPS) is 16.8. The topological polar surface area (TPSA) is 59.1 Å². The van der Waals surface area contributed by atoms with Crippen LogP contribution in [0.15, 0.2) is 78.4 Å². The lowest BCUT2D eigenvalue weighted by Gasteiger charge is -2.36. The summed E-state index contributed by atoms with van der Waals surface area (Å²) in [6.45, 7) is 2.11. The summed E-state index contributed by atoms with van der Waals surface area (Å²) in [4.78, 5) is 29.8. The second kappa shape index (κ2) is 7.94. The zero-order valence-electron chi connectivity index (χ0n) is 17.1. The van der Waals surface area contributed by atoms with E-state index in [4.69, 9.17) is 21.7 Å². The van der Waals surface area contributed by atoms with Gasteiger partial charge in [-0.1, -0.05) is 42.0 Å². The molecule has 2 aliphatic heterocycles. The highest BCUT2D eigenvalue weighted by Gasteiger charge is 2.41. The largest absolute Gasteiger partial charge is 0.454 e. The van der Waals surface area contributed by atoms with Crippen molar-refractivity contribution in [2.24, 2.45) is 0 Å². The first kappa shape index (κ1) is 20.0. The summed E-state index contributed by atoms with van der Waals surface area (Å²) in [5.74, 6) is 0.239. The number of fused-ring (bicyclic) bond motifs is 1. The van der Waals surface area contributed by atoms with Gasteiger partial charge in [0, 0.05) is 0 Å². The van der Waals surface area contributed by atoms with Crippen LogP contribution < -0.4 is 19.3 Å². The molecule has 2 amide bonds. The maximum atomic E-state index is 13.5. The van der Waals surface area contributed by atoms with Gasteiger partial charge in [-0.05, 0) is 67.2 Å². The number of nitrogens with zero attached hydrogens (tertiary/aromatic N) is 2. The Morgan fingerprint density at radius 2 is 1.44 bits per heavy atom. The molecule has 3 aromatic rings. The molecule has 0 unspecified atom stereocenters. The Kier molecular flexibility index (Phi) is 4.95. The maximum absolute atomic E-state index is 13.5. The Morgan fingerprint density at radius 3 is 2.12 bits per heavy atom. The van der Waals surface area contributed by atoms with E-state index in [1.165, 1.54) is 9.80 Å². The Hall–Kier alpha value is -3.97. The molecule has 0 aliphatic carbocycles. The van der Waals surface area contributed by atoms with Crippen molar-refractivity contribution in [2.45, 2.75) is 6.92 Å². The highest BCUT2D eigenvalue weighted by atomic mass is 32.1. The van der Waals surface area contributed by atoms with Crippen LogP contribution in [0.3, 0.4) is 0 Å². The molecule has 2 aliphatic rings. The standard InChI is InChI=1S/C25H18N2O4S/c1-16-7-10-19(11-8-16)27-24(29)20(13-17-9-12-21-22(14-17)31-15-30-21)23(28)26(25(27)32)18-5-3-2-4-6-18/h2-14H,15H2,1H3/b20-13+. The van der Waals surface area contributed by atoms with E-state index >= 15 is 0 Å². The molecule has 0 aromatic heterocycles. The van der Waals surface area contributed by atoms with Crippen molar-refractivity contribution in [1.29, 1.82) is 0 Å². The molecule has 6 nitrogen and oxygen atoms in total. The van der Waals surface area contributed by atoms with E-state index in [1.54, 1.807) is 36.4 Å². The summed E-state index contributed by atoms with van der Waals surface area (Å²) in [5.41, 5.74) is 2.88. The average molecular weight is 442 g/mol. The number of hydrogen-bond donors (Lipinski definition) is 0. The zero-order valence-corrected chi connectivity index (χ0v) is 18.0. The molecule has 0 spiro atoms. The van der Waals surface area contributed by atoms with Crippen LogP contribution in [0.4, 0.5) is 11.4 Å². The Bertz CT molecular complexity index is 1270. The summed E-state index contributed by atoms with van der Waals surface area (Å²) < 4.78 is 10.8. The first-order valence-corrected chi connectivity index (χ1v) is 10.4. The molecule has 1 saturated heterocycles. The lowest BCUT2D eigenvalue weighted by atomic mass is 10.0. The van der Waals surface area contributed by atoms with Crippen LogP contribution >= 0.6 is 12.2 Å². The van der Waals surface area contributed by atoms with Crippen molar-refractivity contribution in [3.8, 4) is 11.5 Å². The fraction of sp³-hybridized carbons (Fsp3) is 0.0800. The van der Waals surface area contributed by atoms with Gasteiger partial charge in [0.25, 0.3) is 11.8 Å². The zero-order chi connectivity index (χ0) is 22.2. The lowest BCUT2D eigenvalue weighted by molar-refractivity contribution is -0.120. The van der Waals surface area contributed by atoms with E-state index in [0.717, 1.165) is 5.56 Å². The quantitative estimate of drug-likeness (QED) is 0.340. The van der Waals surface area contributed by atoms with Crippen molar-refractivity contribution in [3.63, 3.8) is 0 Å². The number of carbonyl (C=O) groups is 2. The first-order valence-electron chi connectivity index (χ1n) is 9.99. The van der Waals surface area contributed by atoms with Crippen molar-refractivity contribution < 1.29 is 19.1 Å². The molecule has 0 radical (unpaired) electrons. The minimum Gasteiger partial charge on any atom is -0.454 e. The third kappa shape index (κ3) is 3.42. The number of para-hydroxylation sites is 1. The molecule has 7 heteroatoms. The third-order valence-electron chi connectivity index (χ3n) is 5.26. The molecule has 0 saturated carbocycles. The maximum Gasteiger partial charge on any atom is 0.270 e. The Balaban J connectivity index is 1.63. The van der Waals surface area contributed by atoms with E-state index in [9.17, 15) is 9.59 Å². The second-order valence-electron chi connectivity index (χ2n) is 7.41. The molecular formula is C25H18N2O4S. The van der Waals surface area contributed by atoms with Gasteiger partial charge in [-0.2, -0.15) is 0 Å². The number of benzene rings is 3. The molecule has 2 heterocycles. The van der Waals surface area contributed by atoms with Gasteiger partial charge in [-0.15, -0.1) is 0 Å². The number of thiocarbonyl (C=S) groups is 1. The number of rotatable bonds is 3. The van der Waals surface area contributed by atoms with Crippen LogP contribution in [0.1, 0.15) is 11.1 Å². The smallest absolute Gasteiger partial charge is 0.270 e. The number of hydrogen-bond acceptors (Lipinski definition) is 5. The number of anilines is 2. The predicted octanol–water partition coefficient (Wildman–Crippen LogP) is 4.47. The van der Waals surface area contributed by atoms with Crippen LogP contribution in [-0.4, -0.2) is 23.7 Å². The van der Waals surface area contributed by atoms with Gasteiger partial charge in [0.1, 0.15) is 5.57 Å². The van der Waals surface area contributed by atoms with E-state index in [2.05, 4.69) is 0 Å². The highest BCUT2D eigenvalue weighted by Crippen LogP contribution is 2.34. The molecule has 0 atom stereocenters. The molecule has 1 fully saturated rings. The van der Waals surface area contributed by atoms with Crippen molar-refractivity contribution in [3.05, 3.63) is 89.5 Å². The minimum absolute atomic E-state index is 0.00175. The molecule has 0 bridgehead atoms. The average Bonchev–Trinajstić information content (AvgIpc) is 3.27. The fourth-order valence-electron chi connectivity index (χ4n) is 3.63. The number of carbonyl (C=O) groups excluding carboxylic acids is 2. The SMILES string of the molecule is Cc1ccc(N2C(=O)/C(=C/c3ccc4c(c3)OCO4)C(=O)N(c3ccccc3)C2=S)cc1. The number of ether oxygens (including phenoxy) is 2. The summed E-state index contributed by atoms with van der Waals surface area (Å²) in [5, 5.41) is 0.109. The molecular weight excluding hydrogens is 424 g/mol. The number of amides is 2. The van der Waals surface area contributed by atoms with Gasteiger partial charge in [0.15, 0.2) is 16.6 Å². The van der Waals surface area contributed by atoms with E-state index < -0.39 is 11.8 Å². The van der Waals surface area contributed by atoms with Crippen LogP contribution in [0.2, 0.25) is 0 Å². The van der Waals surface area contributed by atoms with E-state index in [-0.39, 0.29) is 17.5 Å². The van der Waals surface area contributed by atoms with Crippen molar-refractivity contribution in [2.75, 3.05) is 16.6 Å². The van der Waals surface area contributed by atoms with E-state index in [1.807, 2.05) is 49.4 Å². The summed E-state index contributed by atoms with van der Waals surface area (Å²) in [6.07, 6.45) is 1.56. The van der Waals surface area contributed by atoms with Gasteiger partial charge in [0.2, 0.25) is 6.79 Å². The van der Waals surface area contributed by atoms with Gasteiger partial charge in [0.05, 0.1) is 11.4 Å². The molecule has 3 aromatic carbocycles. The summed E-state index contributed by atoms with van der Waals surface area (Å²) in [6, 6.07) is 21.8.